The first-order valence-corrected chi connectivity index (χ1v) is 4.32. The van der Waals surface area contributed by atoms with E-state index in [2.05, 4.69) is 0 Å². The lowest BCUT2D eigenvalue weighted by atomic mass is 10.2. The first kappa shape index (κ1) is 11.8. The molecular weight excluding hydrogens is 208 g/mol. The number of carbonyl (C=O) groups is 2. The molecule has 1 N–H and O–H groups in total. The van der Waals surface area contributed by atoms with Crippen molar-refractivity contribution in [3.05, 3.63) is 11.1 Å². The molecule has 2 amide bonds. The molecule has 0 aromatic carbocycles. The van der Waals surface area contributed by atoms with E-state index in [4.69, 9.17) is 5.11 Å². The number of alkyl halides is 2. The van der Waals surface area contributed by atoms with Crippen LogP contribution in [0.5, 0.6) is 0 Å². The van der Waals surface area contributed by atoms with Crippen molar-refractivity contribution in [2.24, 2.45) is 0 Å². The predicted molar refractivity (Wildman–Crippen MR) is 47.1 cm³/mol. The summed E-state index contributed by atoms with van der Waals surface area (Å²) in [5.41, 5.74) is 0.350. The number of hydrogen-bond donors (Lipinski definition) is 1. The van der Waals surface area contributed by atoms with Crippen molar-refractivity contribution in [3.63, 3.8) is 0 Å². The summed E-state index contributed by atoms with van der Waals surface area (Å²) < 4.78 is 25.6. The zero-order chi connectivity index (χ0) is 11.8. The maximum atomic E-state index is 12.8. The average Bonchev–Trinajstić information content (AvgIpc) is 2.36. The van der Waals surface area contributed by atoms with E-state index in [0.717, 1.165) is 0 Å². The number of aliphatic hydroxyl groups excluding tert-OH is 1. The average molecular weight is 219 g/mol. The zero-order valence-corrected chi connectivity index (χ0v) is 8.38. The number of aliphatic hydroxyl groups is 1. The summed E-state index contributed by atoms with van der Waals surface area (Å²) in [6.07, 6.45) is 0. The van der Waals surface area contributed by atoms with Crippen LogP contribution in [0.3, 0.4) is 0 Å². The van der Waals surface area contributed by atoms with E-state index in [1.807, 2.05) is 0 Å². The third-order valence-corrected chi connectivity index (χ3v) is 2.32. The Labute approximate surface area is 85.2 Å². The maximum absolute atomic E-state index is 12.8. The molecule has 0 aromatic heterocycles. The standard InChI is InChI=1S/C9H11F2NO3/c1-5-6(2)8(15)12(7(5)14)3-9(10,11)4-13/h13H,3-4H2,1-2H3. The lowest BCUT2D eigenvalue weighted by Gasteiger charge is -2.20. The van der Waals surface area contributed by atoms with E-state index in [9.17, 15) is 18.4 Å². The molecule has 0 atom stereocenters. The number of carbonyl (C=O) groups excluding carboxylic acids is 2. The number of imide groups is 1. The fourth-order valence-corrected chi connectivity index (χ4v) is 1.24. The normalized spacial score (nSPS) is 18.1. The Morgan fingerprint density at radius 1 is 1.20 bits per heavy atom. The van der Waals surface area contributed by atoms with Gasteiger partial charge >= 0.3 is 0 Å². The minimum atomic E-state index is -3.45. The van der Waals surface area contributed by atoms with Gasteiger partial charge in [-0.05, 0) is 13.8 Å². The zero-order valence-electron chi connectivity index (χ0n) is 8.38. The molecule has 0 saturated carbocycles. The first-order chi connectivity index (χ1) is 6.80. The predicted octanol–water partition coefficient (Wildman–Crippen LogP) is 0.319. The highest BCUT2D eigenvalue weighted by molar-refractivity contribution is 6.18. The molecule has 4 nitrogen and oxygen atoms in total. The van der Waals surface area contributed by atoms with E-state index in [1.165, 1.54) is 13.8 Å². The Balaban J connectivity index is 2.85. The first-order valence-electron chi connectivity index (χ1n) is 4.32. The number of rotatable bonds is 3. The summed E-state index contributed by atoms with van der Waals surface area (Å²) in [7, 11) is 0. The van der Waals surface area contributed by atoms with Crippen LogP contribution in [-0.2, 0) is 9.59 Å². The van der Waals surface area contributed by atoms with Gasteiger partial charge < -0.3 is 5.11 Å². The van der Waals surface area contributed by atoms with Gasteiger partial charge in [-0.3, -0.25) is 14.5 Å². The lowest BCUT2D eigenvalue weighted by Crippen LogP contribution is -2.43. The Hall–Kier alpha value is -1.30. The van der Waals surface area contributed by atoms with E-state index >= 15 is 0 Å². The van der Waals surface area contributed by atoms with E-state index < -0.39 is 30.9 Å². The van der Waals surface area contributed by atoms with Gasteiger partial charge in [-0.2, -0.15) is 0 Å². The van der Waals surface area contributed by atoms with Crippen molar-refractivity contribution >= 4 is 11.8 Å². The van der Waals surface area contributed by atoms with E-state index in [0.29, 0.717) is 4.90 Å². The summed E-state index contributed by atoms with van der Waals surface area (Å²) >= 11 is 0. The van der Waals surface area contributed by atoms with E-state index in [1.54, 1.807) is 0 Å². The minimum absolute atomic E-state index is 0.175. The van der Waals surface area contributed by atoms with Crippen LogP contribution in [-0.4, -0.2) is 40.9 Å². The van der Waals surface area contributed by atoms with Gasteiger partial charge in [-0.25, -0.2) is 8.78 Å². The van der Waals surface area contributed by atoms with Gasteiger partial charge in [0.25, 0.3) is 17.7 Å². The Bertz CT molecular complexity index is 325. The molecule has 0 saturated heterocycles. The largest absolute Gasteiger partial charge is 0.390 e. The molecule has 1 aliphatic rings. The molecule has 1 aliphatic heterocycles. The molecule has 15 heavy (non-hydrogen) atoms. The van der Waals surface area contributed by atoms with Crippen molar-refractivity contribution in [1.82, 2.24) is 4.90 Å². The van der Waals surface area contributed by atoms with Gasteiger partial charge in [0.15, 0.2) is 0 Å². The second-order valence-electron chi connectivity index (χ2n) is 3.46. The molecule has 0 unspecified atom stereocenters. The molecule has 0 aromatic rings. The van der Waals surface area contributed by atoms with Crippen LogP contribution in [0.2, 0.25) is 0 Å². The topological polar surface area (TPSA) is 57.6 Å². The molecule has 1 rings (SSSR count). The smallest absolute Gasteiger partial charge is 0.288 e. The van der Waals surface area contributed by atoms with Gasteiger partial charge in [-0.15, -0.1) is 0 Å². The second-order valence-corrected chi connectivity index (χ2v) is 3.46. The molecule has 0 spiro atoms. The maximum Gasteiger partial charge on any atom is 0.288 e. The monoisotopic (exact) mass is 219 g/mol. The van der Waals surface area contributed by atoms with E-state index in [-0.39, 0.29) is 11.1 Å². The van der Waals surface area contributed by atoms with Crippen LogP contribution in [0.1, 0.15) is 13.8 Å². The minimum Gasteiger partial charge on any atom is -0.390 e. The Kier molecular flexibility index (Phi) is 2.90. The number of halogens is 2. The molecule has 6 heteroatoms. The molecule has 0 fully saturated rings. The fraction of sp³-hybridized carbons (Fsp3) is 0.556. The summed E-state index contributed by atoms with van der Waals surface area (Å²) in [6.45, 7) is 0.358. The quantitative estimate of drug-likeness (QED) is 0.695. The van der Waals surface area contributed by atoms with Crippen LogP contribution in [0, 0.1) is 0 Å². The van der Waals surface area contributed by atoms with Gasteiger partial charge in [0, 0.05) is 11.1 Å². The third-order valence-electron chi connectivity index (χ3n) is 2.32. The van der Waals surface area contributed by atoms with Crippen LogP contribution in [0.25, 0.3) is 0 Å². The van der Waals surface area contributed by atoms with Crippen molar-refractivity contribution in [2.45, 2.75) is 19.8 Å². The summed E-state index contributed by atoms with van der Waals surface area (Å²) in [6, 6.07) is 0. The molecule has 0 bridgehead atoms. The summed E-state index contributed by atoms with van der Waals surface area (Å²) in [5.74, 6) is -4.88. The molecule has 0 radical (unpaired) electrons. The SMILES string of the molecule is CC1=C(C)C(=O)N(CC(F)(F)CO)C1=O. The highest BCUT2D eigenvalue weighted by Gasteiger charge is 2.40. The van der Waals surface area contributed by atoms with Gasteiger partial charge in [-0.1, -0.05) is 0 Å². The van der Waals surface area contributed by atoms with Crippen molar-refractivity contribution < 1.29 is 23.5 Å². The number of nitrogens with zero attached hydrogens (tertiary/aromatic N) is 1. The lowest BCUT2D eigenvalue weighted by molar-refractivity contribution is -0.146. The van der Waals surface area contributed by atoms with Crippen molar-refractivity contribution in [3.8, 4) is 0 Å². The molecule has 84 valence electrons. The Morgan fingerprint density at radius 2 is 1.60 bits per heavy atom. The Morgan fingerprint density at radius 3 is 1.93 bits per heavy atom. The van der Waals surface area contributed by atoms with Crippen LogP contribution in [0.4, 0.5) is 8.78 Å². The van der Waals surface area contributed by atoms with Gasteiger partial charge in [0.2, 0.25) is 0 Å². The number of hydrogen-bond acceptors (Lipinski definition) is 3. The number of amides is 2. The third kappa shape index (κ3) is 2.04. The fourth-order valence-electron chi connectivity index (χ4n) is 1.24. The summed E-state index contributed by atoms with van der Waals surface area (Å²) in [5, 5.41) is 8.35. The van der Waals surface area contributed by atoms with Crippen molar-refractivity contribution in [2.75, 3.05) is 13.2 Å². The van der Waals surface area contributed by atoms with Gasteiger partial charge in [0.05, 0.1) is 6.54 Å². The molecule has 1 heterocycles. The van der Waals surface area contributed by atoms with Crippen LogP contribution >= 0.6 is 0 Å². The van der Waals surface area contributed by atoms with Crippen molar-refractivity contribution in [1.29, 1.82) is 0 Å². The second kappa shape index (κ2) is 3.69. The molecular formula is C9H11F2NO3. The van der Waals surface area contributed by atoms with Gasteiger partial charge in [0.1, 0.15) is 6.61 Å². The highest BCUT2D eigenvalue weighted by Crippen LogP contribution is 2.23. The summed E-state index contributed by atoms with van der Waals surface area (Å²) in [4.78, 5) is 23.2. The van der Waals surface area contributed by atoms with Crippen LogP contribution in [0.15, 0.2) is 11.1 Å². The highest BCUT2D eigenvalue weighted by atomic mass is 19.3. The van der Waals surface area contributed by atoms with Crippen LogP contribution < -0.4 is 0 Å². The molecule has 0 aliphatic carbocycles.